The molecule has 1 N–H and O–H groups in total. The van der Waals surface area contributed by atoms with Crippen LogP contribution in [-0.2, 0) is 19.3 Å². The Bertz CT molecular complexity index is 561. The number of aliphatic hydroxyl groups is 1. The van der Waals surface area contributed by atoms with Crippen molar-refractivity contribution in [1.82, 2.24) is 0 Å². The molecule has 0 aliphatic rings. The van der Waals surface area contributed by atoms with E-state index in [0.717, 1.165) is 30.4 Å². The molecule has 0 amide bonds. The van der Waals surface area contributed by atoms with E-state index in [1.807, 2.05) is 6.07 Å². The van der Waals surface area contributed by atoms with Crippen molar-refractivity contribution in [3.63, 3.8) is 0 Å². The Kier molecular flexibility index (Phi) is 5.06. The van der Waals surface area contributed by atoms with E-state index in [0.29, 0.717) is 4.67 Å². The standard InChI is InChI=1S/C17H21BrO2/c1-4-11-9-12(5-2)15(13(6-3)10-11)16(19)14-7-8-20-17(14)18/h7-10,16,19H,4-6H2,1-3H3. The molecular formula is C17H21BrO2. The first-order valence-corrected chi connectivity index (χ1v) is 7.97. The van der Waals surface area contributed by atoms with Gasteiger partial charge in [-0.3, -0.25) is 0 Å². The molecule has 0 saturated carbocycles. The third-order valence-electron chi connectivity index (χ3n) is 3.80. The Morgan fingerprint density at radius 3 is 2.10 bits per heavy atom. The molecule has 3 heteroatoms. The largest absolute Gasteiger partial charge is 0.457 e. The highest BCUT2D eigenvalue weighted by molar-refractivity contribution is 9.10. The van der Waals surface area contributed by atoms with Crippen LogP contribution in [-0.4, -0.2) is 5.11 Å². The molecule has 1 atom stereocenters. The van der Waals surface area contributed by atoms with Crippen LogP contribution in [0.5, 0.6) is 0 Å². The third kappa shape index (κ3) is 2.84. The summed E-state index contributed by atoms with van der Waals surface area (Å²) in [4.78, 5) is 0. The van der Waals surface area contributed by atoms with Crippen molar-refractivity contribution in [2.24, 2.45) is 0 Å². The van der Waals surface area contributed by atoms with Gasteiger partial charge in [0.2, 0.25) is 0 Å². The van der Waals surface area contributed by atoms with Crippen LogP contribution in [0.15, 0.2) is 33.5 Å². The second kappa shape index (κ2) is 6.59. The smallest absolute Gasteiger partial charge is 0.175 e. The summed E-state index contributed by atoms with van der Waals surface area (Å²) in [6.45, 7) is 6.43. The van der Waals surface area contributed by atoms with Crippen LogP contribution < -0.4 is 0 Å². The van der Waals surface area contributed by atoms with Gasteiger partial charge in [-0.15, -0.1) is 0 Å². The van der Waals surface area contributed by atoms with E-state index < -0.39 is 6.10 Å². The van der Waals surface area contributed by atoms with Crippen molar-refractivity contribution in [2.45, 2.75) is 46.1 Å². The summed E-state index contributed by atoms with van der Waals surface area (Å²) >= 11 is 3.36. The third-order valence-corrected chi connectivity index (χ3v) is 4.44. The van der Waals surface area contributed by atoms with Crippen LogP contribution in [0.1, 0.15) is 54.7 Å². The van der Waals surface area contributed by atoms with Gasteiger partial charge in [-0.05, 0) is 63.5 Å². The Labute approximate surface area is 128 Å². The molecule has 108 valence electrons. The second-order valence-corrected chi connectivity index (χ2v) is 5.66. The summed E-state index contributed by atoms with van der Waals surface area (Å²) in [5.74, 6) is 0. The fraction of sp³-hybridized carbons (Fsp3) is 0.412. The highest BCUT2D eigenvalue weighted by Gasteiger charge is 2.21. The number of aryl methyl sites for hydroxylation is 3. The van der Waals surface area contributed by atoms with Crippen molar-refractivity contribution in [1.29, 1.82) is 0 Å². The Balaban J connectivity index is 2.57. The van der Waals surface area contributed by atoms with Gasteiger partial charge >= 0.3 is 0 Å². The summed E-state index contributed by atoms with van der Waals surface area (Å²) < 4.78 is 5.86. The number of furan rings is 1. The Hall–Kier alpha value is -1.06. The predicted octanol–water partition coefficient (Wildman–Crippen LogP) is 4.81. The molecule has 20 heavy (non-hydrogen) atoms. The average molecular weight is 337 g/mol. The van der Waals surface area contributed by atoms with Crippen molar-refractivity contribution < 1.29 is 9.52 Å². The molecule has 0 aliphatic heterocycles. The summed E-state index contributed by atoms with van der Waals surface area (Å²) in [5, 5.41) is 10.8. The van der Waals surface area contributed by atoms with Gasteiger partial charge in [-0.2, -0.15) is 0 Å². The number of rotatable bonds is 5. The zero-order valence-corrected chi connectivity index (χ0v) is 13.8. The molecule has 0 fully saturated rings. The Morgan fingerprint density at radius 1 is 1.10 bits per heavy atom. The van der Waals surface area contributed by atoms with Gasteiger partial charge in [0.1, 0.15) is 6.10 Å². The minimum atomic E-state index is -0.640. The summed E-state index contributed by atoms with van der Waals surface area (Å²) in [6, 6.07) is 6.25. The monoisotopic (exact) mass is 336 g/mol. The molecule has 0 radical (unpaired) electrons. The quantitative estimate of drug-likeness (QED) is 0.849. The molecule has 1 unspecified atom stereocenters. The van der Waals surface area contributed by atoms with Gasteiger partial charge < -0.3 is 9.52 Å². The minimum absolute atomic E-state index is 0.605. The lowest BCUT2D eigenvalue weighted by Gasteiger charge is -2.20. The average Bonchev–Trinajstić information content (AvgIpc) is 2.91. The van der Waals surface area contributed by atoms with Gasteiger partial charge in [0.25, 0.3) is 0 Å². The van der Waals surface area contributed by atoms with Crippen molar-refractivity contribution in [2.75, 3.05) is 0 Å². The van der Waals surface area contributed by atoms with Crippen molar-refractivity contribution >= 4 is 15.9 Å². The van der Waals surface area contributed by atoms with Gasteiger partial charge in [0, 0.05) is 5.56 Å². The number of benzene rings is 1. The zero-order chi connectivity index (χ0) is 14.7. The first-order chi connectivity index (χ1) is 9.62. The van der Waals surface area contributed by atoms with E-state index in [-0.39, 0.29) is 0 Å². The summed E-state index contributed by atoms with van der Waals surface area (Å²) in [6.07, 6.45) is 3.82. The molecule has 1 aromatic carbocycles. The topological polar surface area (TPSA) is 33.4 Å². The molecule has 0 aliphatic carbocycles. The fourth-order valence-corrected chi connectivity index (χ4v) is 3.10. The van der Waals surface area contributed by atoms with Gasteiger partial charge in [0.15, 0.2) is 4.67 Å². The first-order valence-electron chi connectivity index (χ1n) is 7.17. The predicted molar refractivity (Wildman–Crippen MR) is 85.0 cm³/mol. The molecule has 2 rings (SSSR count). The molecule has 1 heterocycles. The molecule has 2 aromatic rings. The van der Waals surface area contributed by atoms with Crippen LogP contribution in [0.2, 0.25) is 0 Å². The van der Waals surface area contributed by atoms with Crippen LogP contribution >= 0.6 is 15.9 Å². The van der Waals surface area contributed by atoms with Crippen LogP contribution in [0.25, 0.3) is 0 Å². The fourth-order valence-electron chi connectivity index (χ4n) is 2.65. The van der Waals surface area contributed by atoms with Gasteiger partial charge in [-0.1, -0.05) is 32.9 Å². The molecular weight excluding hydrogens is 316 g/mol. The maximum atomic E-state index is 10.8. The van der Waals surface area contributed by atoms with E-state index in [1.165, 1.54) is 16.7 Å². The summed E-state index contributed by atoms with van der Waals surface area (Å²) in [7, 11) is 0. The van der Waals surface area contributed by atoms with E-state index in [9.17, 15) is 5.11 Å². The maximum absolute atomic E-state index is 10.8. The molecule has 0 bridgehead atoms. The highest BCUT2D eigenvalue weighted by Crippen LogP contribution is 2.34. The SMILES string of the molecule is CCc1cc(CC)c(C(O)c2ccoc2Br)c(CC)c1. The van der Waals surface area contributed by atoms with Gasteiger partial charge in [-0.25, -0.2) is 0 Å². The van der Waals surface area contributed by atoms with Crippen LogP contribution in [0.4, 0.5) is 0 Å². The summed E-state index contributed by atoms with van der Waals surface area (Å²) in [5.41, 5.74) is 5.61. The van der Waals surface area contributed by atoms with Crippen LogP contribution in [0, 0.1) is 0 Å². The van der Waals surface area contributed by atoms with Crippen molar-refractivity contribution in [3.8, 4) is 0 Å². The number of halogens is 1. The van der Waals surface area contributed by atoms with E-state index in [2.05, 4.69) is 48.8 Å². The Morgan fingerprint density at radius 2 is 1.70 bits per heavy atom. The lowest BCUT2D eigenvalue weighted by Crippen LogP contribution is -2.08. The zero-order valence-electron chi connectivity index (χ0n) is 12.2. The highest BCUT2D eigenvalue weighted by atomic mass is 79.9. The number of hydrogen-bond donors (Lipinski definition) is 1. The second-order valence-electron chi connectivity index (χ2n) is 4.94. The maximum Gasteiger partial charge on any atom is 0.175 e. The van der Waals surface area contributed by atoms with Gasteiger partial charge in [0.05, 0.1) is 6.26 Å². The normalized spacial score (nSPS) is 12.7. The molecule has 2 nitrogen and oxygen atoms in total. The number of hydrogen-bond acceptors (Lipinski definition) is 2. The molecule has 1 aromatic heterocycles. The molecule has 0 spiro atoms. The van der Waals surface area contributed by atoms with E-state index >= 15 is 0 Å². The molecule has 0 saturated heterocycles. The van der Waals surface area contributed by atoms with Crippen LogP contribution in [0.3, 0.4) is 0 Å². The minimum Gasteiger partial charge on any atom is -0.457 e. The van der Waals surface area contributed by atoms with Crippen molar-refractivity contribution in [3.05, 3.63) is 56.9 Å². The number of aliphatic hydroxyl groups excluding tert-OH is 1. The lowest BCUT2D eigenvalue weighted by molar-refractivity contribution is 0.215. The van der Waals surface area contributed by atoms with E-state index in [1.54, 1.807) is 6.26 Å². The lowest BCUT2D eigenvalue weighted by atomic mass is 9.88. The first kappa shape index (κ1) is 15.3. The van der Waals surface area contributed by atoms with E-state index in [4.69, 9.17) is 4.42 Å².